The van der Waals surface area contributed by atoms with Crippen molar-refractivity contribution in [1.82, 2.24) is 0 Å². The van der Waals surface area contributed by atoms with Crippen molar-refractivity contribution in [2.24, 2.45) is 7.05 Å². The van der Waals surface area contributed by atoms with Gasteiger partial charge in [-0.05, 0) is 49.6 Å². The molecule has 2 nitrogen and oxygen atoms in total. The lowest BCUT2D eigenvalue weighted by molar-refractivity contribution is -0.660. The molecule has 4 heteroatoms. The van der Waals surface area contributed by atoms with Crippen molar-refractivity contribution >= 4 is 21.9 Å². The maximum Gasteiger partial charge on any atom is 0.216 e. The molecule has 0 amide bonds. The van der Waals surface area contributed by atoms with Crippen LogP contribution < -0.4 is 4.57 Å². The minimum Gasteiger partial charge on any atom is -0.455 e. The van der Waals surface area contributed by atoms with Crippen molar-refractivity contribution < 1.29 is 17.8 Å². The number of aromatic nitrogens is 1. The molecule has 25 heavy (non-hydrogen) atoms. The van der Waals surface area contributed by atoms with E-state index in [2.05, 4.69) is 0 Å². The summed E-state index contributed by atoms with van der Waals surface area (Å²) in [4.78, 5) is 0. The van der Waals surface area contributed by atoms with Gasteiger partial charge in [-0.3, -0.25) is 0 Å². The van der Waals surface area contributed by atoms with E-state index in [0.29, 0.717) is 27.5 Å². The second-order valence-corrected chi connectivity index (χ2v) is 6.65. The van der Waals surface area contributed by atoms with Crippen LogP contribution in [0.5, 0.6) is 0 Å². The molecule has 0 atom stereocenters. The number of nitrogens with zero attached hydrogens (tertiary/aromatic N) is 1. The van der Waals surface area contributed by atoms with Gasteiger partial charge >= 0.3 is 0 Å². The predicted molar refractivity (Wildman–Crippen MR) is 94.5 cm³/mol. The Bertz CT molecular complexity index is 1160. The van der Waals surface area contributed by atoms with Gasteiger partial charge in [0.05, 0.1) is 10.9 Å². The molecule has 2 aromatic heterocycles. The van der Waals surface area contributed by atoms with E-state index in [0.717, 1.165) is 22.4 Å². The molecule has 2 heterocycles. The SMILES string of the molecule is Cc1cc[n+](C)c(-c2c(C)cc(F)c3c2oc2cc(F)cc(C)c23)c1. The molecule has 0 aliphatic heterocycles. The van der Waals surface area contributed by atoms with E-state index in [1.54, 1.807) is 6.92 Å². The van der Waals surface area contributed by atoms with Crippen molar-refractivity contribution in [2.45, 2.75) is 20.8 Å². The Kier molecular flexibility index (Phi) is 3.39. The third kappa shape index (κ3) is 2.32. The summed E-state index contributed by atoms with van der Waals surface area (Å²) >= 11 is 0. The van der Waals surface area contributed by atoms with Gasteiger partial charge in [-0.2, -0.15) is 0 Å². The van der Waals surface area contributed by atoms with E-state index >= 15 is 0 Å². The molecule has 4 rings (SSSR count). The zero-order valence-electron chi connectivity index (χ0n) is 14.6. The summed E-state index contributed by atoms with van der Waals surface area (Å²) in [6.07, 6.45) is 1.97. The second-order valence-electron chi connectivity index (χ2n) is 6.65. The normalized spacial score (nSPS) is 11.6. The van der Waals surface area contributed by atoms with E-state index < -0.39 is 0 Å². The molecule has 0 saturated heterocycles. The monoisotopic (exact) mass is 338 g/mol. The minimum atomic E-state index is -0.385. The number of aryl methyl sites for hydroxylation is 4. The van der Waals surface area contributed by atoms with Gasteiger partial charge in [-0.25, -0.2) is 13.3 Å². The molecular weight excluding hydrogens is 320 g/mol. The number of hydrogen-bond donors (Lipinski definition) is 0. The average molecular weight is 338 g/mol. The van der Waals surface area contributed by atoms with Crippen LogP contribution in [0.1, 0.15) is 16.7 Å². The summed E-state index contributed by atoms with van der Waals surface area (Å²) in [6, 6.07) is 8.30. The highest BCUT2D eigenvalue weighted by Crippen LogP contribution is 2.40. The smallest absolute Gasteiger partial charge is 0.216 e. The van der Waals surface area contributed by atoms with Crippen LogP contribution in [0, 0.1) is 32.4 Å². The molecule has 0 N–H and O–H groups in total. The highest BCUT2D eigenvalue weighted by molar-refractivity contribution is 6.11. The lowest BCUT2D eigenvalue weighted by Crippen LogP contribution is -2.30. The molecule has 0 fully saturated rings. The van der Waals surface area contributed by atoms with E-state index in [9.17, 15) is 8.78 Å². The third-order valence-electron chi connectivity index (χ3n) is 4.72. The minimum absolute atomic E-state index is 0.347. The quantitative estimate of drug-likeness (QED) is 0.432. The Morgan fingerprint density at radius 2 is 1.68 bits per heavy atom. The molecule has 0 saturated carbocycles. The predicted octanol–water partition coefficient (Wildman–Crippen LogP) is 5.28. The number of pyridine rings is 1. The van der Waals surface area contributed by atoms with Gasteiger partial charge in [0, 0.05) is 23.6 Å². The van der Waals surface area contributed by atoms with Crippen LogP contribution in [0.15, 0.2) is 40.9 Å². The Morgan fingerprint density at radius 3 is 2.44 bits per heavy atom. The maximum absolute atomic E-state index is 14.8. The molecule has 4 aromatic rings. The maximum atomic E-state index is 14.8. The number of rotatable bonds is 1. The largest absolute Gasteiger partial charge is 0.455 e. The van der Waals surface area contributed by atoms with Crippen LogP contribution in [-0.4, -0.2) is 0 Å². The Balaban J connectivity index is 2.23. The Morgan fingerprint density at radius 1 is 0.920 bits per heavy atom. The first-order chi connectivity index (χ1) is 11.9. The molecule has 0 unspecified atom stereocenters. The fourth-order valence-corrected chi connectivity index (χ4v) is 3.55. The van der Waals surface area contributed by atoms with Crippen molar-refractivity contribution in [3.8, 4) is 11.3 Å². The van der Waals surface area contributed by atoms with Crippen molar-refractivity contribution in [1.29, 1.82) is 0 Å². The fraction of sp³-hybridized carbons (Fsp3) is 0.190. The molecule has 0 bridgehead atoms. The number of benzene rings is 2. The summed E-state index contributed by atoms with van der Waals surface area (Å²) in [7, 11) is 1.94. The lowest BCUT2D eigenvalue weighted by Gasteiger charge is -2.07. The fourth-order valence-electron chi connectivity index (χ4n) is 3.55. The Hall–Kier alpha value is -2.75. The standard InChI is InChI=1S/C21H18F2NO/c1-11-5-6-24(4)16(7-11)18-13(3)9-15(23)20-19-12(2)8-14(22)10-17(19)25-21(18)20/h5-10H,1-4H3/q+1. The van der Waals surface area contributed by atoms with Gasteiger partial charge in [0.25, 0.3) is 0 Å². The topological polar surface area (TPSA) is 17.0 Å². The molecule has 0 radical (unpaired) electrons. The molecule has 126 valence electrons. The number of hydrogen-bond acceptors (Lipinski definition) is 1. The highest BCUT2D eigenvalue weighted by Gasteiger charge is 2.24. The van der Waals surface area contributed by atoms with Crippen molar-refractivity contribution in [2.75, 3.05) is 0 Å². The van der Waals surface area contributed by atoms with E-state index in [1.165, 1.54) is 18.2 Å². The summed E-state index contributed by atoms with van der Waals surface area (Å²) in [6.45, 7) is 5.64. The molecular formula is C21H18F2NO+. The third-order valence-corrected chi connectivity index (χ3v) is 4.72. The number of halogens is 2. The lowest BCUT2D eigenvalue weighted by atomic mass is 9.98. The number of fused-ring (bicyclic) bond motifs is 3. The van der Waals surface area contributed by atoms with Crippen molar-refractivity contribution in [3.05, 3.63) is 64.9 Å². The zero-order valence-corrected chi connectivity index (χ0v) is 14.6. The first-order valence-corrected chi connectivity index (χ1v) is 8.15. The summed E-state index contributed by atoms with van der Waals surface area (Å²) < 4.78 is 36.5. The van der Waals surface area contributed by atoms with Crippen LogP contribution in [0.3, 0.4) is 0 Å². The van der Waals surface area contributed by atoms with Gasteiger partial charge < -0.3 is 4.42 Å². The zero-order chi connectivity index (χ0) is 17.9. The van der Waals surface area contributed by atoms with E-state index in [1.807, 2.05) is 43.8 Å². The van der Waals surface area contributed by atoms with E-state index in [4.69, 9.17) is 4.42 Å². The molecule has 2 aromatic carbocycles. The van der Waals surface area contributed by atoms with Gasteiger partial charge in [-0.15, -0.1) is 0 Å². The summed E-state index contributed by atoms with van der Waals surface area (Å²) in [5, 5.41) is 1.04. The van der Waals surface area contributed by atoms with Crippen LogP contribution in [0.4, 0.5) is 8.78 Å². The second kappa shape index (κ2) is 5.38. The van der Waals surface area contributed by atoms with Gasteiger partial charge in [0.1, 0.15) is 24.3 Å². The Labute approximate surface area is 144 Å². The van der Waals surface area contributed by atoms with Crippen LogP contribution >= 0.6 is 0 Å². The molecule has 0 spiro atoms. The molecule has 0 aliphatic carbocycles. The van der Waals surface area contributed by atoms with Gasteiger partial charge in [0.2, 0.25) is 5.69 Å². The summed E-state index contributed by atoms with van der Waals surface area (Å²) in [5.41, 5.74) is 5.14. The van der Waals surface area contributed by atoms with Gasteiger partial charge in [-0.1, -0.05) is 0 Å². The van der Waals surface area contributed by atoms with Crippen LogP contribution in [0.25, 0.3) is 33.2 Å². The summed E-state index contributed by atoms with van der Waals surface area (Å²) in [5.74, 6) is -0.733. The van der Waals surface area contributed by atoms with Crippen molar-refractivity contribution in [3.63, 3.8) is 0 Å². The highest BCUT2D eigenvalue weighted by atomic mass is 19.1. The molecule has 0 aliphatic rings. The van der Waals surface area contributed by atoms with Crippen LogP contribution in [0.2, 0.25) is 0 Å². The van der Waals surface area contributed by atoms with Crippen LogP contribution in [-0.2, 0) is 7.05 Å². The van der Waals surface area contributed by atoms with E-state index in [-0.39, 0.29) is 11.6 Å². The average Bonchev–Trinajstić information content (AvgIpc) is 2.90. The first kappa shape index (κ1) is 15.8. The van der Waals surface area contributed by atoms with Gasteiger partial charge in [0.15, 0.2) is 11.8 Å². The first-order valence-electron chi connectivity index (χ1n) is 8.15. The number of furan rings is 1.